The highest BCUT2D eigenvalue weighted by molar-refractivity contribution is 6.31. The molecule has 6 rings (SSSR count). The molecular weight excluding hydrogens is 924 g/mol. The standard InChI is InChI=1S/C55H59ClN6O9/c1-52(2,3)69-48(65)45(32-41-34-61(35-58-41)55(38-19-13-10-14-20-38,39-21-15-11-16-22-39)40-23-17-12-18-24-40)59-46(63)31-37-27-30-43(33-44(37)56)68-47(64)36-25-28-42(29-26-36)62(51(67)71-54(7,8)9)49(57)60-50(66)70-53(4,5)6/h10-30,33-35,45H,31-32H2,1-9H3,(H,59,63)(H2,57,60,66)/t45-/m0/s1. The number of carbonyl (C=O) groups is 5. The fraction of sp³-hybridized carbons (Fsp3) is 0.291. The molecule has 1 atom stereocenters. The lowest BCUT2D eigenvalue weighted by Gasteiger charge is -2.37. The Bertz CT molecular complexity index is 2760. The Morgan fingerprint density at radius 3 is 1.70 bits per heavy atom. The van der Waals surface area contributed by atoms with E-state index in [1.165, 1.54) is 42.5 Å². The number of nitrogens with zero attached hydrogens (tertiary/aromatic N) is 3. The number of halogens is 1. The highest BCUT2D eigenvalue weighted by atomic mass is 35.5. The summed E-state index contributed by atoms with van der Waals surface area (Å²) in [7, 11) is 0. The summed E-state index contributed by atoms with van der Waals surface area (Å²) in [4.78, 5) is 72.2. The first kappa shape index (κ1) is 52.6. The molecule has 1 aromatic heterocycles. The van der Waals surface area contributed by atoms with Crippen molar-refractivity contribution in [2.45, 2.75) is 104 Å². The summed E-state index contributed by atoms with van der Waals surface area (Å²) in [5, 5.41) is 13.7. The molecule has 71 heavy (non-hydrogen) atoms. The van der Waals surface area contributed by atoms with Crippen LogP contribution in [-0.4, -0.2) is 68.4 Å². The van der Waals surface area contributed by atoms with E-state index in [0.29, 0.717) is 11.3 Å². The lowest BCUT2D eigenvalue weighted by Crippen LogP contribution is -2.49. The molecule has 0 aliphatic heterocycles. The third kappa shape index (κ3) is 13.9. The number of esters is 2. The third-order valence-corrected chi connectivity index (χ3v) is 10.8. The zero-order valence-electron chi connectivity index (χ0n) is 41.2. The number of carbonyl (C=O) groups excluding carboxylic acids is 5. The summed E-state index contributed by atoms with van der Waals surface area (Å²) in [6.45, 7) is 15.2. The number of anilines is 1. The van der Waals surface area contributed by atoms with Gasteiger partial charge in [0.15, 0.2) is 0 Å². The second-order valence-electron chi connectivity index (χ2n) is 19.6. The van der Waals surface area contributed by atoms with Crippen LogP contribution < -0.4 is 20.3 Å². The monoisotopic (exact) mass is 982 g/mol. The second kappa shape index (κ2) is 21.9. The Hall–Kier alpha value is -7.78. The van der Waals surface area contributed by atoms with Crippen LogP contribution in [0.5, 0.6) is 5.75 Å². The first-order valence-electron chi connectivity index (χ1n) is 22.9. The van der Waals surface area contributed by atoms with E-state index in [9.17, 15) is 24.0 Å². The Kier molecular flexibility index (Phi) is 16.2. The maximum atomic E-state index is 13.8. The summed E-state index contributed by atoms with van der Waals surface area (Å²) < 4.78 is 24.1. The average Bonchev–Trinajstić information content (AvgIpc) is 3.75. The Morgan fingerprint density at radius 2 is 1.21 bits per heavy atom. The van der Waals surface area contributed by atoms with Gasteiger partial charge in [0.25, 0.3) is 0 Å². The molecule has 370 valence electrons. The predicted molar refractivity (Wildman–Crippen MR) is 271 cm³/mol. The van der Waals surface area contributed by atoms with E-state index in [1.54, 1.807) is 68.6 Å². The largest absolute Gasteiger partial charge is 0.458 e. The van der Waals surface area contributed by atoms with Crippen LogP contribution in [0.25, 0.3) is 0 Å². The van der Waals surface area contributed by atoms with E-state index >= 15 is 0 Å². The summed E-state index contributed by atoms with van der Waals surface area (Å²) in [5.74, 6) is -2.51. The summed E-state index contributed by atoms with van der Waals surface area (Å²) in [5.41, 5.74) is 0.561. The van der Waals surface area contributed by atoms with Gasteiger partial charge in [-0.1, -0.05) is 109 Å². The van der Waals surface area contributed by atoms with Crippen molar-refractivity contribution in [3.05, 3.63) is 185 Å². The number of ether oxygens (including phenoxy) is 4. The molecule has 0 unspecified atom stereocenters. The number of benzene rings is 5. The first-order valence-corrected chi connectivity index (χ1v) is 23.2. The van der Waals surface area contributed by atoms with Crippen LogP contribution in [0.1, 0.15) is 101 Å². The minimum atomic E-state index is -1.13. The van der Waals surface area contributed by atoms with Gasteiger partial charge >= 0.3 is 24.1 Å². The lowest BCUT2D eigenvalue weighted by atomic mass is 9.77. The van der Waals surface area contributed by atoms with Crippen LogP contribution in [-0.2, 0) is 42.2 Å². The zero-order valence-corrected chi connectivity index (χ0v) is 42.0. The number of hydrogen-bond acceptors (Lipinski definition) is 11. The van der Waals surface area contributed by atoms with Crippen LogP contribution in [0, 0.1) is 5.41 Å². The van der Waals surface area contributed by atoms with Gasteiger partial charge in [-0.25, -0.2) is 29.1 Å². The quantitative estimate of drug-likeness (QED) is 0.0251. The maximum absolute atomic E-state index is 13.8. The van der Waals surface area contributed by atoms with Crippen molar-refractivity contribution < 1.29 is 42.9 Å². The number of hydrogen-bond donors (Lipinski definition) is 3. The minimum absolute atomic E-state index is 0.0102. The molecule has 1 heterocycles. The van der Waals surface area contributed by atoms with Crippen LogP contribution in [0.3, 0.4) is 0 Å². The molecule has 0 aliphatic rings. The van der Waals surface area contributed by atoms with Gasteiger partial charge in [0.05, 0.1) is 29.7 Å². The topological polar surface area (TPSA) is 191 Å². The van der Waals surface area contributed by atoms with Crippen molar-refractivity contribution in [1.82, 2.24) is 20.2 Å². The van der Waals surface area contributed by atoms with Crippen molar-refractivity contribution in [1.29, 1.82) is 5.41 Å². The van der Waals surface area contributed by atoms with Crippen molar-refractivity contribution in [3.63, 3.8) is 0 Å². The van der Waals surface area contributed by atoms with Crippen molar-refractivity contribution in [2.75, 3.05) is 4.90 Å². The Balaban J connectivity index is 1.17. The van der Waals surface area contributed by atoms with Crippen LogP contribution in [0.2, 0.25) is 5.02 Å². The average molecular weight is 984 g/mol. The molecule has 0 spiro atoms. The molecule has 5 aromatic carbocycles. The minimum Gasteiger partial charge on any atom is -0.458 e. The number of nitrogens with one attached hydrogen (secondary N) is 3. The highest BCUT2D eigenvalue weighted by Gasteiger charge is 2.39. The van der Waals surface area contributed by atoms with Gasteiger partial charge in [0.1, 0.15) is 34.1 Å². The van der Waals surface area contributed by atoms with E-state index in [2.05, 4.69) is 47.0 Å². The second-order valence-corrected chi connectivity index (χ2v) is 20.0. The molecule has 6 aromatic rings. The van der Waals surface area contributed by atoms with E-state index < -0.39 is 64.4 Å². The van der Waals surface area contributed by atoms with Gasteiger partial charge in [-0.05, 0) is 121 Å². The molecule has 0 saturated carbocycles. The van der Waals surface area contributed by atoms with Crippen molar-refractivity contribution in [2.24, 2.45) is 0 Å². The number of imidazole rings is 1. The summed E-state index contributed by atoms with van der Waals surface area (Å²) in [6, 6.07) is 39.0. The molecular formula is C55H59ClN6O9. The van der Waals surface area contributed by atoms with Gasteiger partial charge < -0.3 is 28.8 Å². The lowest BCUT2D eigenvalue weighted by molar-refractivity contribution is -0.158. The van der Waals surface area contributed by atoms with Gasteiger partial charge in [0.2, 0.25) is 11.9 Å². The Morgan fingerprint density at radius 1 is 0.690 bits per heavy atom. The van der Waals surface area contributed by atoms with Gasteiger partial charge in [0, 0.05) is 17.6 Å². The van der Waals surface area contributed by atoms with Gasteiger partial charge in [-0.2, -0.15) is 0 Å². The van der Waals surface area contributed by atoms with Crippen LogP contribution in [0.4, 0.5) is 15.3 Å². The number of alkyl carbamates (subject to hydrolysis) is 1. The van der Waals surface area contributed by atoms with E-state index in [1.807, 2.05) is 65.4 Å². The normalized spacial score (nSPS) is 12.2. The fourth-order valence-electron chi connectivity index (χ4n) is 7.57. The van der Waals surface area contributed by atoms with Gasteiger partial charge in [-0.15, -0.1) is 0 Å². The molecule has 0 fully saturated rings. The zero-order chi connectivity index (χ0) is 51.7. The smallest absolute Gasteiger partial charge is 0.421 e. The van der Waals surface area contributed by atoms with E-state index in [4.69, 9.17) is 40.9 Å². The molecule has 0 saturated heterocycles. The SMILES string of the molecule is CC(C)(C)OC(=O)NC(=N)N(C(=O)OC(C)(C)C)c1ccc(C(=O)Oc2ccc(CC(=O)N[C@@H](Cc3cn(C(c4ccccc4)(c4ccccc4)c4ccccc4)cn3)C(=O)OC(C)(C)C)c(Cl)c2)cc1. The highest BCUT2D eigenvalue weighted by Crippen LogP contribution is 2.41. The fourth-order valence-corrected chi connectivity index (χ4v) is 7.81. The molecule has 0 radical (unpaired) electrons. The van der Waals surface area contributed by atoms with Crippen LogP contribution in [0.15, 0.2) is 146 Å². The van der Waals surface area contributed by atoms with E-state index in [0.717, 1.165) is 21.6 Å². The molecule has 3 N–H and O–H groups in total. The van der Waals surface area contributed by atoms with Crippen molar-refractivity contribution >= 4 is 53.3 Å². The summed E-state index contributed by atoms with van der Waals surface area (Å²) >= 11 is 6.66. The predicted octanol–water partition coefficient (Wildman–Crippen LogP) is 10.4. The van der Waals surface area contributed by atoms with Gasteiger partial charge in [-0.3, -0.25) is 15.5 Å². The molecule has 3 amide bonds. The molecule has 16 heteroatoms. The Labute approximate surface area is 418 Å². The molecule has 15 nitrogen and oxygen atoms in total. The number of rotatable bonds is 13. The van der Waals surface area contributed by atoms with Crippen LogP contribution >= 0.6 is 11.6 Å². The van der Waals surface area contributed by atoms with E-state index in [-0.39, 0.29) is 34.9 Å². The molecule has 0 bridgehead atoms. The van der Waals surface area contributed by atoms with Crippen molar-refractivity contribution in [3.8, 4) is 5.75 Å². The number of amides is 3. The first-order chi connectivity index (χ1) is 33.4. The molecule has 0 aliphatic carbocycles. The third-order valence-electron chi connectivity index (χ3n) is 10.4. The maximum Gasteiger partial charge on any atom is 0.421 e. The number of aromatic nitrogens is 2. The number of guanidine groups is 1. The summed E-state index contributed by atoms with van der Waals surface area (Å²) in [6.07, 6.45) is 1.49.